The van der Waals surface area contributed by atoms with Crippen molar-refractivity contribution in [2.45, 2.75) is 51.1 Å². The minimum atomic E-state index is 0.290. The molecule has 0 aromatic rings. The average molecular weight is 200 g/mol. The molecule has 3 N–H and O–H groups in total. The lowest BCUT2D eigenvalue weighted by atomic mass is 9.89. The lowest BCUT2D eigenvalue weighted by Gasteiger charge is -2.37. The molecule has 1 fully saturated rings. The molecule has 0 saturated heterocycles. The van der Waals surface area contributed by atoms with Crippen LogP contribution < -0.4 is 5.73 Å². The van der Waals surface area contributed by atoms with E-state index in [2.05, 4.69) is 11.8 Å². The highest BCUT2D eigenvalue weighted by Gasteiger charge is 2.26. The summed E-state index contributed by atoms with van der Waals surface area (Å²) >= 11 is 0. The lowest BCUT2D eigenvalue weighted by Crippen LogP contribution is -2.49. The second kappa shape index (κ2) is 6.38. The summed E-state index contributed by atoms with van der Waals surface area (Å²) in [6.45, 7) is 4.51. The Balaban J connectivity index is 2.40. The zero-order valence-corrected chi connectivity index (χ0v) is 9.28. The van der Waals surface area contributed by atoms with Gasteiger partial charge in [0.25, 0.3) is 0 Å². The van der Waals surface area contributed by atoms with E-state index in [0.29, 0.717) is 18.7 Å². The van der Waals surface area contributed by atoms with Crippen molar-refractivity contribution >= 4 is 0 Å². The molecule has 0 heterocycles. The molecular formula is C11H24N2O. The Morgan fingerprint density at radius 2 is 2.07 bits per heavy atom. The molecule has 0 aromatic carbocycles. The van der Waals surface area contributed by atoms with Crippen molar-refractivity contribution in [3.8, 4) is 0 Å². The van der Waals surface area contributed by atoms with Crippen LogP contribution in [0.1, 0.15) is 39.0 Å². The van der Waals surface area contributed by atoms with Crippen LogP contribution in [0.25, 0.3) is 0 Å². The Hall–Kier alpha value is -0.120. The van der Waals surface area contributed by atoms with Gasteiger partial charge in [-0.1, -0.05) is 19.8 Å². The molecule has 0 aliphatic heterocycles. The van der Waals surface area contributed by atoms with Crippen molar-refractivity contribution < 1.29 is 5.11 Å². The van der Waals surface area contributed by atoms with E-state index in [1.807, 2.05) is 0 Å². The van der Waals surface area contributed by atoms with E-state index in [9.17, 15) is 0 Å². The first-order valence-corrected chi connectivity index (χ1v) is 5.90. The van der Waals surface area contributed by atoms with Crippen molar-refractivity contribution in [1.29, 1.82) is 0 Å². The fraction of sp³-hybridized carbons (Fsp3) is 1.00. The van der Waals surface area contributed by atoms with Gasteiger partial charge in [-0.15, -0.1) is 0 Å². The monoisotopic (exact) mass is 200 g/mol. The van der Waals surface area contributed by atoms with Crippen LogP contribution in [-0.4, -0.2) is 41.8 Å². The topological polar surface area (TPSA) is 49.5 Å². The smallest absolute Gasteiger partial charge is 0.0443 e. The lowest BCUT2D eigenvalue weighted by molar-refractivity contribution is 0.132. The molecule has 0 spiro atoms. The number of hydrogen-bond donors (Lipinski definition) is 2. The highest BCUT2D eigenvalue weighted by molar-refractivity contribution is 4.85. The summed E-state index contributed by atoms with van der Waals surface area (Å²) in [7, 11) is 0. The Labute approximate surface area is 87.3 Å². The third kappa shape index (κ3) is 3.23. The molecule has 0 aromatic heterocycles. The summed E-state index contributed by atoms with van der Waals surface area (Å²) in [4.78, 5) is 2.43. The summed E-state index contributed by atoms with van der Waals surface area (Å²) in [5.41, 5.74) is 6.12. The summed E-state index contributed by atoms with van der Waals surface area (Å²) in [6.07, 6.45) is 5.88. The summed E-state index contributed by atoms with van der Waals surface area (Å²) < 4.78 is 0. The van der Waals surface area contributed by atoms with Gasteiger partial charge in [0, 0.05) is 25.2 Å². The van der Waals surface area contributed by atoms with Crippen LogP contribution in [0.3, 0.4) is 0 Å². The fourth-order valence-corrected chi connectivity index (χ4v) is 2.43. The molecule has 1 aliphatic carbocycles. The van der Waals surface area contributed by atoms with Gasteiger partial charge in [0.1, 0.15) is 0 Å². The first-order valence-electron chi connectivity index (χ1n) is 5.90. The van der Waals surface area contributed by atoms with Crippen LogP contribution in [0.5, 0.6) is 0 Å². The van der Waals surface area contributed by atoms with E-state index in [-0.39, 0.29) is 0 Å². The number of hydrogen-bond acceptors (Lipinski definition) is 3. The molecule has 1 rings (SSSR count). The molecule has 0 amide bonds. The predicted octanol–water partition coefficient (Wildman–Crippen LogP) is 0.961. The minimum Gasteiger partial charge on any atom is -0.396 e. The molecule has 0 radical (unpaired) electrons. The number of likely N-dealkylation sites (N-methyl/N-ethyl adjacent to an activating group) is 1. The Morgan fingerprint density at radius 1 is 1.36 bits per heavy atom. The highest BCUT2D eigenvalue weighted by atomic mass is 16.3. The molecule has 2 unspecified atom stereocenters. The Morgan fingerprint density at radius 3 is 2.64 bits per heavy atom. The molecule has 2 atom stereocenters. The van der Waals surface area contributed by atoms with Gasteiger partial charge in [-0.05, 0) is 25.8 Å². The van der Waals surface area contributed by atoms with Crippen LogP contribution in [-0.2, 0) is 0 Å². The van der Waals surface area contributed by atoms with Crippen LogP contribution in [0, 0.1) is 0 Å². The van der Waals surface area contributed by atoms with Gasteiger partial charge < -0.3 is 10.8 Å². The fourth-order valence-electron chi connectivity index (χ4n) is 2.43. The molecule has 3 heteroatoms. The van der Waals surface area contributed by atoms with Gasteiger partial charge >= 0.3 is 0 Å². The second-order valence-corrected chi connectivity index (χ2v) is 4.22. The standard InChI is InChI=1S/C11H24N2O/c1-2-13(8-5-9-14)11-7-4-3-6-10(11)12/h10-11,14H,2-9,12H2,1H3. The van der Waals surface area contributed by atoms with E-state index in [4.69, 9.17) is 10.8 Å². The van der Waals surface area contributed by atoms with E-state index in [1.165, 1.54) is 25.7 Å². The summed E-state index contributed by atoms with van der Waals surface area (Å²) in [5, 5.41) is 8.82. The maximum Gasteiger partial charge on any atom is 0.0443 e. The first-order chi connectivity index (χ1) is 6.79. The quantitative estimate of drug-likeness (QED) is 0.695. The maximum atomic E-state index is 8.82. The van der Waals surface area contributed by atoms with Crippen LogP contribution in [0.4, 0.5) is 0 Å². The Kier molecular flexibility index (Phi) is 5.45. The van der Waals surface area contributed by atoms with Gasteiger partial charge in [-0.25, -0.2) is 0 Å². The van der Waals surface area contributed by atoms with Crippen molar-refractivity contribution in [3.05, 3.63) is 0 Å². The average Bonchev–Trinajstić information content (AvgIpc) is 2.21. The molecule has 0 bridgehead atoms. The van der Waals surface area contributed by atoms with Crippen LogP contribution in [0.2, 0.25) is 0 Å². The van der Waals surface area contributed by atoms with E-state index >= 15 is 0 Å². The van der Waals surface area contributed by atoms with Crippen LogP contribution >= 0.6 is 0 Å². The Bertz CT molecular complexity index is 152. The summed E-state index contributed by atoms with van der Waals surface area (Å²) in [5.74, 6) is 0. The first kappa shape index (κ1) is 12.0. The van der Waals surface area contributed by atoms with Gasteiger partial charge in [0.05, 0.1) is 0 Å². The number of nitrogens with two attached hydrogens (primary N) is 1. The van der Waals surface area contributed by atoms with E-state index in [0.717, 1.165) is 19.5 Å². The molecule has 84 valence electrons. The minimum absolute atomic E-state index is 0.290. The predicted molar refractivity (Wildman–Crippen MR) is 59.2 cm³/mol. The largest absolute Gasteiger partial charge is 0.396 e. The van der Waals surface area contributed by atoms with Crippen molar-refractivity contribution in [2.75, 3.05) is 19.7 Å². The van der Waals surface area contributed by atoms with Gasteiger partial charge in [0.2, 0.25) is 0 Å². The molecular weight excluding hydrogens is 176 g/mol. The molecule has 3 nitrogen and oxygen atoms in total. The second-order valence-electron chi connectivity index (χ2n) is 4.22. The van der Waals surface area contributed by atoms with Crippen LogP contribution in [0.15, 0.2) is 0 Å². The van der Waals surface area contributed by atoms with E-state index in [1.54, 1.807) is 0 Å². The molecule has 1 aliphatic rings. The number of nitrogens with zero attached hydrogens (tertiary/aromatic N) is 1. The molecule has 14 heavy (non-hydrogen) atoms. The number of rotatable bonds is 5. The zero-order valence-electron chi connectivity index (χ0n) is 9.28. The third-order valence-electron chi connectivity index (χ3n) is 3.26. The normalized spacial score (nSPS) is 28.3. The zero-order chi connectivity index (χ0) is 10.4. The van der Waals surface area contributed by atoms with Crippen molar-refractivity contribution in [1.82, 2.24) is 4.90 Å². The van der Waals surface area contributed by atoms with Crippen molar-refractivity contribution in [2.24, 2.45) is 5.73 Å². The number of aliphatic hydroxyl groups is 1. The number of aliphatic hydroxyl groups excluding tert-OH is 1. The maximum absolute atomic E-state index is 8.82. The van der Waals surface area contributed by atoms with Gasteiger partial charge in [-0.2, -0.15) is 0 Å². The summed E-state index contributed by atoms with van der Waals surface area (Å²) in [6, 6.07) is 0.905. The molecule has 1 saturated carbocycles. The third-order valence-corrected chi connectivity index (χ3v) is 3.26. The van der Waals surface area contributed by atoms with Crippen molar-refractivity contribution in [3.63, 3.8) is 0 Å². The SMILES string of the molecule is CCN(CCCO)C1CCCCC1N. The van der Waals surface area contributed by atoms with Gasteiger partial charge in [0.15, 0.2) is 0 Å². The van der Waals surface area contributed by atoms with Gasteiger partial charge in [-0.3, -0.25) is 4.90 Å². The highest BCUT2D eigenvalue weighted by Crippen LogP contribution is 2.21. The van der Waals surface area contributed by atoms with E-state index < -0.39 is 0 Å².